The molecular weight excluding hydrogens is 163 g/mol. The van der Waals surface area contributed by atoms with Crippen molar-refractivity contribution in [3.05, 3.63) is 0 Å². The van der Waals surface area contributed by atoms with E-state index in [1.54, 1.807) is 0 Å². The summed E-state index contributed by atoms with van der Waals surface area (Å²) in [6.45, 7) is 6.53. The van der Waals surface area contributed by atoms with E-state index in [2.05, 4.69) is 20.8 Å². The van der Waals surface area contributed by atoms with Gasteiger partial charge in [-0.05, 0) is 18.2 Å². The molecule has 1 aliphatic heterocycles. The predicted octanol–water partition coefficient (Wildman–Crippen LogP) is 2.63. The van der Waals surface area contributed by atoms with Crippen LogP contribution in [-0.2, 0) is 9.31 Å². The summed E-state index contributed by atoms with van der Waals surface area (Å²) in [5.41, 5.74) is 0. The first-order valence-corrected chi connectivity index (χ1v) is 5.38. The molecule has 0 radical (unpaired) electrons. The molecule has 0 amide bonds. The minimum absolute atomic E-state index is 0.0144. The maximum atomic E-state index is 5.91. The number of fused-ring (bicyclic) bond motifs is 1. The standard InChI is InChI=1S/C10H19BO2/c1-10(2,3)11-12-8-6-4-5-7-9(8)13-11/h8-9H,4-7H2,1-3H3. The molecule has 0 aromatic heterocycles. The summed E-state index contributed by atoms with van der Waals surface area (Å²) in [7, 11) is 0.0144. The lowest BCUT2D eigenvalue weighted by atomic mass is 9.61. The predicted molar refractivity (Wildman–Crippen MR) is 53.7 cm³/mol. The van der Waals surface area contributed by atoms with Crippen LogP contribution in [0.5, 0.6) is 0 Å². The molecule has 0 N–H and O–H groups in total. The van der Waals surface area contributed by atoms with Gasteiger partial charge in [0, 0.05) is 0 Å². The minimum atomic E-state index is 0.0144. The Labute approximate surface area is 81.1 Å². The third kappa shape index (κ3) is 1.91. The molecule has 0 aromatic rings. The second-order valence-corrected chi connectivity index (χ2v) is 5.33. The zero-order valence-electron chi connectivity index (χ0n) is 8.88. The Hall–Kier alpha value is -0.0151. The van der Waals surface area contributed by atoms with E-state index < -0.39 is 0 Å². The molecule has 1 heterocycles. The van der Waals surface area contributed by atoms with Crippen LogP contribution in [0.25, 0.3) is 0 Å². The van der Waals surface area contributed by atoms with Gasteiger partial charge in [0.2, 0.25) is 0 Å². The van der Waals surface area contributed by atoms with Crippen LogP contribution in [0, 0.1) is 0 Å². The fraction of sp³-hybridized carbons (Fsp3) is 1.00. The van der Waals surface area contributed by atoms with Gasteiger partial charge in [0.25, 0.3) is 0 Å². The lowest BCUT2D eigenvalue weighted by molar-refractivity contribution is 0.110. The van der Waals surface area contributed by atoms with E-state index in [0.717, 1.165) is 0 Å². The van der Waals surface area contributed by atoms with Crippen molar-refractivity contribution in [3.63, 3.8) is 0 Å². The van der Waals surface area contributed by atoms with Crippen LogP contribution in [0.15, 0.2) is 0 Å². The molecule has 0 bridgehead atoms. The molecule has 2 nitrogen and oxygen atoms in total. The highest BCUT2D eigenvalue weighted by atomic mass is 16.7. The van der Waals surface area contributed by atoms with Crippen molar-refractivity contribution in [2.75, 3.05) is 0 Å². The van der Waals surface area contributed by atoms with E-state index >= 15 is 0 Å². The maximum Gasteiger partial charge on any atom is 0.463 e. The molecule has 2 aliphatic rings. The van der Waals surface area contributed by atoms with Crippen LogP contribution < -0.4 is 0 Å². The van der Waals surface area contributed by atoms with Crippen LogP contribution in [0.1, 0.15) is 46.5 Å². The highest BCUT2D eigenvalue weighted by Gasteiger charge is 2.46. The lowest BCUT2D eigenvalue weighted by Gasteiger charge is -2.22. The van der Waals surface area contributed by atoms with E-state index in [0.29, 0.717) is 12.2 Å². The van der Waals surface area contributed by atoms with Gasteiger partial charge in [0.1, 0.15) is 0 Å². The largest absolute Gasteiger partial charge is 0.463 e. The summed E-state index contributed by atoms with van der Waals surface area (Å²) < 4.78 is 11.8. The van der Waals surface area contributed by atoms with Gasteiger partial charge in [-0.1, -0.05) is 33.6 Å². The van der Waals surface area contributed by atoms with Gasteiger partial charge in [-0.2, -0.15) is 0 Å². The minimum Gasteiger partial charge on any atom is -0.405 e. The van der Waals surface area contributed by atoms with Gasteiger partial charge in [0.05, 0.1) is 12.2 Å². The Morgan fingerprint density at radius 2 is 1.46 bits per heavy atom. The Morgan fingerprint density at radius 3 is 1.85 bits per heavy atom. The topological polar surface area (TPSA) is 18.5 Å². The zero-order chi connectivity index (χ0) is 9.47. The molecule has 2 atom stereocenters. The van der Waals surface area contributed by atoms with Crippen LogP contribution in [0.2, 0.25) is 5.31 Å². The summed E-state index contributed by atoms with van der Waals surface area (Å²) in [4.78, 5) is 0. The number of hydrogen-bond acceptors (Lipinski definition) is 2. The summed E-state index contributed by atoms with van der Waals surface area (Å²) >= 11 is 0. The average Bonchev–Trinajstić information content (AvgIpc) is 2.45. The smallest absolute Gasteiger partial charge is 0.405 e. The van der Waals surface area contributed by atoms with Crippen molar-refractivity contribution in [2.45, 2.75) is 64.0 Å². The molecule has 13 heavy (non-hydrogen) atoms. The van der Waals surface area contributed by atoms with Crippen molar-refractivity contribution in [3.8, 4) is 0 Å². The van der Waals surface area contributed by atoms with Crippen LogP contribution in [0.3, 0.4) is 0 Å². The third-order valence-electron chi connectivity index (χ3n) is 2.95. The Morgan fingerprint density at radius 1 is 1.00 bits per heavy atom. The van der Waals surface area contributed by atoms with Crippen molar-refractivity contribution in [1.82, 2.24) is 0 Å². The van der Waals surface area contributed by atoms with Gasteiger partial charge < -0.3 is 9.31 Å². The molecule has 2 fully saturated rings. The summed E-state index contributed by atoms with van der Waals surface area (Å²) in [5.74, 6) is 0. The van der Waals surface area contributed by atoms with E-state index in [1.807, 2.05) is 0 Å². The molecular formula is C10H19BO2. The fourth-order valence-electron chi connectivity index (χ4n) is 2.13. The van der Waals surface area contributed by atoms with Crippen molar-refractivity contribution < 1.29 is 9.31 Å². The number of hydrogen-bond donors (Lipinski definition) is 0. The summed E-state index contributed by atoms with van der Waals surface area (Å²) in [6, 6.07) is 0. The highest BCUT2D eigenvalue weighted by Crippen LogP contribution is 2.38. The normalized spacial score (nSPS) is 34.8. The van der Waals surface area contributed by atoms with Gasteiger partial charge >= 0.3 is 7.12 Å². The van der Waals surface area contributed by atoms with Gasteiger partial charge in [0.15, 0.2) is 0 Å². The molecule has 0 aromatic carbocycles. The third-order valence-corrected chi connectivity index (χ3v) is 2.95. The van der Waals surface area contributed by atoms with Crippen molar-refractivity contribution >= 4 is 7.12 Å². The molecule has 3 heteroatoms. The molecule has 0 spiro atoms. The molecule has 1 saturated carbocycles. The van der Waals surface area contributed by atoms with E-state index in [1.165, 1.54) is 25.7 Å². The quantitative estimate of drug-likeness (QED) is 0.536. The molecule has 1 saturated heterocycles. The molecule has 2 unspecified atom stereocenters. The Kier molecular flexibility index (Phi) is 2.41. The van der Waals surface area contributed by atoms with Crippen LogP contribution in [0.4, 0.5) is 0 Å². The van der Waals surface area contributed by atoms with Crippen molar-refractivity contribution in [1.29, 1.82) is 0 Å². The Balaban J connectivity index is 1.99. The first-order chi connectivity index (χ1) is 6.07. The summed E-state index contributed by atoms with van der Waals surface area (Å²) in [6.07, 6.45) is 5.77. The molecule has 1 aliphatic carbocycles. The second-order valence-electron chi connectivity index (χ2n) is 5.33. The zero-order valence-corrected chi connectivity index (χ0v) is 8.88. The Bertz CT molecular complexity index is 174. The number of rotatable bonds is 0. The molecule has 74 valence electrons. The monoisotopic (exact) mass is 182 g/mol. The van der Waals surface area contributed by atoms with Gasteiger partial charge in [-0.3, -0.25) is 0 Å². The van der Waals surface area contributed by atoms with Gasteiger partial charge in [-0.25, -0.2) is 0 Å². The highest BCUT2D eigenvalue weighted by molar-refractivity contribution is 6.49. The first kappa shape index (κ1) is 9.54. The maximum absolute atomic E-state index is 5.91. The van der Waals surface area contributed by atoms with E-state index in [4.69, 9.17) is 9.31 Å². The van der Waals surface area contributed by atoms with Crippen LogP contribution >= 0.6 is 0 Å². The van der Waals surface area contributed by atoms with Gasteiger partial charge in [-0.15, -0.1) is 0 Å². The lowest BCUT2D eigenvalue weighted by Crippen LogP contribution is -2.28. The molecule has 2 rings (SSSR count). The van der Waals surface area contributed by atoms with E-state index in [-0.39, 0.29) is 12.4 Å². The summed E-state index contributed by atoms with van der Waals surface area (Å²) in [5, 5.41) is 0.122. The fourth-order valence-corrected chi connectivity index (χ4v) is 2.13. The van der Waals surface area contributed by atoms with E-state index in [9.17, 15) is 0 Å². The van der Waals surface area contributed by atoms with Crippen LogP contribution in [-0.4, -0.2) is 19.3 Å². The second kappa shape index (κ2) is 3.28. The SMILES string of the molecule is CC(C)(C)B1OC2CCCCC2O1. The first-order valence-electron chi connectivity index (χ1n) is 5.38. The average molecular weight is 182 g/mol. The van der Waals surface area contributed by atoms with Crippen molar-refractivity contribution in [2.24, 2.45) is 0 Å².